The van der Waals surface area contributed by atoms with Crippen LogP contribution in [0.25, 0.3) is 5.52 Å². The van der Waals surface area contributed by atoms with Gasteiger partial charge in [-0.2, -0.15) is 10.4 Å². The van der Waals surface area contributed by atoms with Crippen molar-refractivity contribution < 1.29 is 32.5 Å². The summed E-state index contributed by atoms with van der Waals surface area (Å²) in [5, 5.41) is 13.5. The highest BCUT2D eigenvalue weighted by atomic mass is 31.2. The number of ether oxygens (including phenoxy) is 3. The first-order valence-electron chi connectivity index (χ1n) is 19.8. The first-order chi connectivity index (χ1) is 26.0. The molecule has 1 aromatic carbocycles. The average Bonchev–Trinajstić information content (AvgIpc) is 3.83. The number of nitrogens with zero attached hydrogens (tertiary/aromatic N) is 4. The number of hydrogen-bond acceptors (Lipinski definition) is 10. The van der Waals surface area contributed by atoms with E-state index in [1.54, 1.807) is 10.6 Å². The van der Waals surface area contributed by atoms with Gasteiger partial charge in [0.1, 0.15) is 29.9 Å². The number of hydrogen-bond donors (Lipinski definition) is 2. The molecular weight excluding hydrogens is 696 g/mol. The Balaban J connectivity index is 0.00000372. The van der Waals surface area contributed by atoms with Gasteiger partial charge in [-0.25, -0.2) is 13.9 Å². The topological polar surface area (TPSA) is 146 Å². The summed E-state index contributed by atoms with van der Waals surface area (Å²) >= 11 is 0. The number of aromatic nitrogens is 3. The molecule has 0 bridgehead atoms. The molecule has 1 fully saturated rings. The third-order valence-electron chi connectivity index (χ3n) is 9.21. The number of benzene rings is 1. The average molecular weight is 760 g/mol. The Morgan fingerprint density at radius 3 is 2.32 bits per heavy atom. The van der Waals surface area contributed by atoms with Crippen LogP contribution in [0.15, 0.2) is 36.7 Å². The van der Waals surface area contributed by atoms with E-state index in [9.17, 15) is 14.5 Å². The lowest BCUT2D eigenvalue weighted by atomic mass is 10.0. The normalized spacial score (nSPS) is 16.7. The van der Waals surface area contributed by atoms with Gasteiger partial charge >= 0.3 is 8.60 Å². The van der Waals surface area contributed by atoms with E-state index in [1.165, 1.54) is 95.5 Å². The molecule has 4 atom stereocenters. The van der Waals surface area contributed by atoms with E-state index in [2.05, 4.69) is 17.0 Å². The molecule has 296 valence electrons. The summed E-state index contributed by atoms with van der Waals surface area (Å²) in [5.74, 6) is -0.0942. The van der Waals surface area contributed by atoms with Gasteiger partial charge in [-0.15, -0.1) is 0 Å². The van der Waals surface area contributed by atoms with E-state index in [0.717, 1.165) is 36.9 Å². The van der Waals surface area contributed by atoms with Crippen LogP contribution in [-0.4, -0.2) is 58.1 Å². The number of nitrogens with two attached hydrogens (primary N) is 1. The van der Waals surface area contributed by atoms with Crippen molar-refractivity contribution >= 4 is 19.9 Å². The molecule has 0 amide bonds. The number of fused-ring (bicyclic) bond motifs is 1. The molecule has 53 heavy (non-hydrogen) atoms. The van der Waals surface area contributed by atoms with Gasteiger partial charge in [0.2, 0.25) is 0 Å². The van der Waals surface area contributed by atoms with E-state index in [4.69, 9.17) is 29.0 Å². The molecule has 3 aromatic rings. The van der Waals surface area contributed by atoms with Crippen molar-refractivity contribution in [3.05, 3.63) is 59.3 Å². The van der Waals surface area contributed by atoms with Crippen molar-refractivity contribution in [2.45, 2.75) is 148 Å². The Morgan fingerprint density at radius 2 is 1.64 bits per heavy atom. The summed E-state index contributed by atoms with van der Waals surface area (Å²) in [5.41, 5.74) is 8.33. The Kier molecular flexibility index (Phi) is 22.7. The Hall–Kier alpha value is -2.75. The highest BCUT2D eigenvalue weighted by Gasteiger charge is 2.30. The lowest BCUT2D eigenvalue weighted by Crippen LogP contribution is -2.25. The van der Waals surface area contributed by atoms with Gasteiger partial charge in [-0.05, 0) is 55.2 Å². The fourth-order valence-electron chi connectivity index (χ4n) is 6.36. The molecular formula is C40H63FN5O6P. The Morgan fingerprint density at radius 1 is 0.962 bits per heavy atom. The second kappa shape index (κ2) is 26.9. The van der Waals surface area contributed by atoms with Gasteiger partial charge in [-0.1, -0.05) is 104 Å². The van der Waals surface area contributed by atoms with Crippen LogP contribution in [0.3, 0.4) is 0 Å². The van der Waals surface area contributed by atoms with E-state index >= 15 is 0 Å². The maximum absolute atomic E-state index is 14.0. The van der Waals surface area contributed by atoms with E-state index in [-0.39, 0.29) is 44.2 Å². The van der Waals surface area contributed by atoms with E-state index in [1.807, 2.05) is 32.0 Å². The zero-order valence-electron chi connectivity index (χ0n) is 32.2. The molecule has 0 spiro atoms. The predicted octanol–water partition coefficient (Wildman–Crippen LogP) is 9.90. The fraction of sp³-hybridized carbons (Fsp3) is 0.675. The van der Waals surface area contributed by atoms with Crippen LogP contribution in [0.5, 0.6) is 0 Å². The van der Waals surface area contributed by atoms with Crippen LogP contribution in [0, 0.1) is 17.1 Å². The van der Waals surface area contributed by atoms with Gasteiger partial charge in [0, 0.05) is 6.61 Å². The molecule has 1 aliphatic rings. The number of rotatable bonds is 27. The lowest BCUT2D eigenvalue weighted by Gasteiger charge is -2.20. The molecule has 0 saturated carbocycles. The maximum atomic E-state index is 14.0. The monoisotopic (exact) mass is 759 g/mol. The van der Waals surface area contributed by atoms with Crippen LogP contribution in [0.2, 0.25) is 0 Å². The van der Waals surface area contributed by atoms with Gasteiger partial charge in [0.25, 0.3) is 0 Å². The van der Waals surface area contributed by atoms with Crippen LogP contribution < -0.4 is 5.73 Å². The van der Waals surface area contributed by atoms with Crippen molar-refractivity contribution in [1.82, 2.24) is 14.6 Å². The zero-order valence-corrected chi connectivity index (χ0v) is 33.1. The SMILES string of the molecule is CC.CCCCCCCCCCCCCCCCOCC(COP(O)OCC1CCC(c2ccc3c(N)ncnn23)O1)OCc1cc(F)cc(C#N)c1. The zero-order chi connectivity index (χ0) is 38.1. The van der Waals surface area contributed by atoms with Crippen LogP contribution in [0.1, 0.15) is 146 Å². The summed E-state index contributed by atoms with van der Waals surface area (Å²) in [6.07, 6.45) is 20.1. The molecule has 4 rings (SSSR count). The van der Waals surface area contributed by atoms with Crippen molar-refractivity contribution in [2.24, 2.45) is 0 Å². The molecule has 2 aromatic heterocycles. The molecule has 1 aliphatic heterocycles. The summed E-state index contributed by atoms with van der Waals surface area (Å²) in [6, 6.07) is 9.88. The molecule has 3 N–H and O–H groups in total. The van der Waals surface area contributed by atoms with Crippen molar-refractivity contribution in [3.63, 3.8) is 0 Å². The molecule has 0 aliphatic carbocycles. The third-order valence-corrected chi connectivity index (χ3v) is 9.95. The minimum absolute atomic E-state index is 0.0206. The second-order valence-corrected chi connectivity index (χ2v) is 14.4. The fourth-order valence-corrected chi connectivity index (χ4v) is 7.03. The highest BCUT2D eigenvalue weighted by molar-refractivity contribution is 7.40. The molecule has 13 heteroatoms. The first kappa shape index (κ1) is 44.6. The van der Waals surface area contributed by atoms with E-state index in [0.29, 0.717) is 18.0 Å². The minimum Gasteiger partial charge on any atom is -0.382 e. The van der Waals surface area contributed by atoms with Gasteiger partial charge in [0.05, 0.1) is 49.9 Å². The molecule has 0 radical (unpaired) electrons. The van der Waals surface area contributed by atoms with Crippen molar-refractivity contribution in [2.75, 3.05) is 32.2 Å². The summed E-state index contributed by atoms with van der Waals surface area (Å²) in [4.78, 5) is 14.6. The third kappa shape index (κ3) is 17.1. The lowest BCUT2D eigenvalue weighted by molar-refractivity contribution is -0.0493. The number of nitriles is 1. The van der Waals surface area contributed by atoms with E-state index < -0.39 is 20.5 Å². The standard InChI is InChI=1S/C38H57FN5O6P.C2H6/c1-2-3-4-5-6-7-8-9-10-11-12-13-14-15-20-46-26-34(47-25-31-21-30(24-40)22-32(39)23-31)28-49-51(45)48-27-33-16-19-37(50-33)35-17-18-36-38(41)42-29-43-44(35)36;1-2/h17-18,21-23,29,33-34,37,45H,2-16,19-20,25-28H2,1H3,(H2,41,42,43);1-2H3. The Bertz CT molecular complexity index is 1460. The number of anilines is 1. The quantitative estimate of drug-likeness (QED) is 0.0569. The van der Waals surface area contributed by atoms with Crippen LogP contribution in [-0.2, 0) is 29.9 Å². The molecule has 4 unspecified atom stereocenters. The summed E-state index contributed by atoms with van der Waals surface area (Å²) in [6.45, 7) is 7.35. The number of unbranched alkanes of at least 4 members (excludes halogenated alkanes) is 13. The maximum Gasteiger partial charge on any atom is 0.330 e. The highest BCUT2D eigenvalue weighted by Crippen LogP contribution is 2.38. The van der Waals surface area contributed by atoms with Crippen molar-refractivity contribution in [3.8, 4) is 6.07 Å². The van der Waals surface area contributed by atoms with Gasteiger partial charge in [-0.3, -0.25) is 0 Å². The van der Waals surface area contributed by atoms with Gasteiger partial charge in [0.15, 0.2) is 5.82 Å². The summed E-state index contributed by atoms with van der Waals surface area (Å²) in [7, 11) is -2.20. The van der Waals surface area contributed by atoms with Crippen LogP contribution in [0.4, 0.5) is 10.2 Å². The first-order valence-corrected chi connectivity index (χ1v) is 21.0. The minimum atomic E-state index is -2.20. The Labute approximate surface area is 317 Å². The second-order valence-electron chi connectivity index (χ2n) is 13.4. The molecule has 11 nitrogen and oxygen atoms in total. The summed E-state index contributed by atoms with van der Waals surface area (Å²) < 4.78 is 45.1. The smallest absolute Gasteiger partial charge is 0.330 e. The van der Waals surface area contributed by atoms with Crippen LogP contribution >= 0.6 is 8.60 Å². The van der Waals surface area contributed by atoms with Crippen molar-refractivity contribution in [1.29, 1.82) is 5.26 Å². The molecule has 1 saturated heterocycles. The number of halogens is 1. The predicted molar refractivity (Wildman–Crippen MR) is 207 cm³/mol. The van der Waals surface area contributed by atoms with Gasteiger partial charge < -0.3 is 33.9 Å². The largest absolute Gasteiger partial charge is 0.382 e. The molecule has 3 heterocycles. The number of nitrogen functional groups attached to an aromatic ring is 1.